The summed E-state index contributed by atoms with van der Waals surface area (Å²) >= 11 is 0. The molecule has 1 heterocycles. The zero-order valence-corrected chi connectivity index (χ0v) is 12.2. The molecule has 0 N–H and O–H groups in total. The fraction of sp³-hybridized carbons (Fsp3) is 0.267. The van der Waals surface area contributed by atoms with Gasteiger partial charge >= 0.3 is 5.62 Å². The van der Waals surface area contributed by atoms with Crippen molar-refractivity contribution in [3.63, 3.8) is 0 Å². The van der Waals surface area contributed by atoms with Gasteiger partial charge in [0.05, 0.1) is 25.0 Å². The number of benzene rings is 1. The van der Waals surface area contributed by atoms with Crippen LogP contribution in [0.5, 0.6) is 0 Å². The van der Waals surface area contributed by atoms with Crippen molar-refractivity contribution >= 4 is 5.78 Å². The molecule has 0 radical (unpaired) electrons. The molecule has 2 aromatic rings. The van der Waals surface area contributed by atoms with Gasteiger partial charge in [-0.1, -0.05) is 18.2 Å². The first-order chi connectivity index (χ1) is 9.49. The van der Waals surface area contributed by atoms with Crippen molar-refractivity contribution in [1.82, 2.24) is 9.58 Å². The van der Waals surface area contributed by atoms with Gasteiger partial charge in [-0.2, -0.15) is 4.57 Å². The van der Waals surface area contributed by atoms with Crippen LogP contribution in [-0.4, -0.2) is 29.5 Å². The standard InChI is InChI=1S/C15H19N4O/c1-12(20)13-10-18(4)15(16-17(2)3)19(11-13)14-8-6-5-7-9-14/h5-11H,1-4H3/q+1. The van der Waals surface area contributed by atoms with Crippen molar-refractivity contribution in [2.45, 2.75) is 6.92 Å². The SMILES string of the molecule is CC(=O)c1cn(-c2ccccc2)c(=NN(C)C)[n+](C)c1. The molecule has 0 saturated carbocycles. The summed E-state index contributed by atoms with van der Waals surface area (Å²) < 4.78 is 3.76. The Bertz CT molecular complexity index is 687. The molecule has 0 amide bonds. The van der Waals surface area contributed by atoms with E-state index >= 15 is 0 Å². The number of rotatable bonds is 3. The lowest BCUT2D eigenvalue weighted by atomic mass is 10.2. The molecule has 0 unspecified atom stereocenters. The van der Waals surface area contributed by atoms with Crippen molar-refractivity contribution < 1.29 is 9.36 Å². The second-order valence-electron chi connectivity index (χ2n) is 4.83. The predicted molar refractivity (Wildman–Crippen MR) is 76.2 cm³/mol. The lowest BCUT2D eigenvalue weighted by molar-refractivity contribution is -0.693. The van der Waals surface area contributed by atoms with Crippen molar-refractivity contribution in [1.29, 1.82) is 0 Å². The monoisotopic (exact) mass is 271 g/mol. The molecule has 1 aromatic carbocycles. The fourth-order valence-corrected chi connectivity index (χ4v) is 1.92. The molecule has 0 fully saturated rings. The Balaban J connectivity index is 2.78. The summed E-state index contributed by atoms with van der Waals surface area (Å²) in [4.78, 5) is 11.6. The van der Waals surface area contributed by atoms with Crippen LogP contribution in [0.1, 0.15) is 17.3 Å². The van der Waals surface area contributed by atoms with Crippen molar-refractivity contribution in [2.75, 3.05) is 14.1 Å². The molecule has 0 saturated heterocycles. The van der Waals surface area contributed by atoms with E-state index in [1.54, 1.807) is 18.1 Å². The van der Waals surface area contributed by atoms with Crippen LogP contribution in [0.4, 0.5) is 0 Å². The second-order valence-corrected chi connectivity index (χ2v) is 4.83. The first kappa shape index (κ1) is 14.0. The number of carbonyl (C=O) groups excluding carboxylic acids is 1. The minimum Gasteiger partial charge on any atom is -0.294 e. The maximum absolute atomic E-state index is 11.6. The average Bonchev–Trinajstić information content (AvgIpc) is 2.41. The first-order valence-corrected chi connectivity index (χ1v) is 6.39. The highest BCUT2D eigenvalue weighted by molar-refractivity contribution is 5.93. The summed E-state index contributed by atoms with van der Waals surface area (Å²) in [6.07, 6.45) is 3.62. The Hall–Kier alpha value is -2.43. The summed E-state index contributed by atoms with van der Waals surface area (Å²) in [6.45, 7) is 1.56. The number of aryl methyl sites for hydroxylation is 1. The van der Waals surface area contributed by atoms with Crippen LogP contribution in [-0.2, 0) is 7.05 Å². The highest BCUT2D eigenvalue weighted by Crippen LogP contribution is 2.05. The lowest BCUT2D eigenvalue weighted by Gasteiger charge is -2.07. The topological polar surface area (TPSA) is 41.5 Å². The summed E-state index contributed by atoms with van der Waals surface area (Å²) in [5.74, 6) is 0.0293. The van der Waals surface area contributed by atoms with E-state index < -0.39 is 0 Å². The molecule has 5 heteroatoms. The number of carbonyl (C=O) groups is 1. The number of ketones is 1. The van der Waals surface area contributed by atoms with Crippen LogP contribution in [0.3, 0.4) is 0 Å². The van der Waals surface area contributed by atoms with Crippen molar-refractivity contribution in [2.24, 2.45) is 12.1 Å². The zero-order valence-electron chi connectivity index (χ0n) is 12.2. The van der Waals surface area contributed by atoms with Gasteiger partial charge < -0.3 is 0 Å². The number of hydrogen-bond acceptors (Lipinski definition) is 3. The third kappa shape index (κ3) is 2.93. The zero-order chi connectivity index (χ0) is 14.7. The van der Waals surface area contributed by atoms with Gasteiger partial charge in [-0.15, -0.1) is 0 Å². The van der Waals surface area contributed by atoms with Gasteiger partial charge in [0.1, 0.15) is 5.69 Å². The number of para-hydroxylation sites is 1. The molecular formula is C15H19N4O+. The molecular weight excluding hydrogens is 252 g/mol. The first-order valence-electron chi connectivity index (χ1n) is 6.39. The van der Waals surface area contributed by atoms with Crippen LogP contribution in [0.25, 0.3) is 5.69 Å². The van der Waals surface area contributed by atoms with E-state index in [4.69, 9.17) is 0 Å². The highest BCUT2D eigenvalue weighted by Gasteiger charge is 2.13. The van der Waals surface area contributed by atoms with E-state index in [0.717, 1.165) is 11.3 Å². The maximum Gasteiger partial charge on any atom is 0.423 e. The van der Waals surface area contributed by atoms with E-state index in [9.17, 15) is 4.79 Å². The molecule has 0 spiro atoms. The van der Waals surface area contributed by atoms with E-state index in [0.29, 0.717) is 5.56 Å². The number of Topliss-reactive ketones (excluding diaryl/α,β-unsaturated/α-hetero) is 1. The Morgan fingerprint density at radius 1 is 1.25 bits per heavy atom. The van der Waals surface area contributed by atoms with Crippen molar-refractivity contribution in [3.05, 3.63) is 53.9 Å². The summed E-state index contributed by atoms with van der Waals surface area (Å²) in [5.41, 5.74) is 2.35. The van der Waals surface area contributed by atoms with Gasteiger partial charge in [0.15, 0.2) is 5.78 Å². The minimum atomic E-state index is 0.0293. The summed E-state index contributed by atoms with van der Waals surface area (Å²) in [6, 6.07) is 9.85. The molecule has 20 heavy (non-hydrogen) atoms. The van der Waals surface area contributed by atoms with Crippen molar-refractivity contribution in [3.8, 4) is 5.69 Å². The van der Waals surface area contributed by atoms with Crippen LogP contribution in [0, 0.1) is 0 Å². The largest absolute Gasteiger partial charge is 0.423 e. The van der Waals surface area contributed by atoms with Crippen LogP contribution < -0.4 is 10.2 Å². The second kappa shape index (κ2) is 5.69. The van der Waals surface area contributed by atoms with Crippen LogP contribution in [0.15, 0.2) is 47.8 Å². The van der Waals surface area contributed by atoms with Gasteiger partial charge in [0.25, 0.3) is 0 Å². The molecule has 0 aliphatic carbocycles. The van der Waals surface area contributed by atoms with Crippen LogP contribution in [0.2, 0.25) is 0 Å². The normalized spacial score (nSPS) is 11.5. The maximum atomic E-state index is 11.6. The Kier molecular flexibility index (Phi) is 3.98. The summed E-state index contributed by atoms with van der Waals surface area (Å²) in [5, 5.41) is 6.22. The Morgan fingerprint density at radius 2 is 1.90 bits per heavy atom. The van der Waals surface area contributed by atoms with E-state index in [1.807, 2.05) is 66.8 Å². The average molecular weight is 271 g/mol. The molecule has 5 nitrogen and oxygen atoms in total. The van der Waals surface area contributed by atoms with Gasteiger partial charge in [0, 0.05) is 19.2 Å². The van der Waals surface area contributed by atoms with Gasteiger partial charge in [-0.05, 0) is 19.1 Å². The molecule has 104 valence electrons. The molecule has 0 atom stereocenters. The van der Waals surface area contributed by atoms with E-state index in [1.165, 1.54) is 0 Å². The minimum absolute atomic E-state index is 0.0293. The van der Waals surface area contributed by atoms with Gasteiger partial charge in [-0.25, -0.2) is 9.58 Å². The quantitative estimate of drug-likeness (QED) is 0.472. The van der Waals surface area contributed by atoms with Gasteiger partial charge in [-0.3, -0.25) is 4.79 Å². The molecule has 0 bridgehead atoms. The lowest BCUT2D eigenvalue weighted by Crippen LogP contribution is -2.53. The number of nitrogens with zero attached hydrogens (tertiary/aromatic N) is 4. The third-order valence-electron chi connectivity index (χ3n) is 2.86. The molecule has 2 rings (SSSR count). The summed E-state index contributed by atoms with van der Waals surface area (Å²) in [7, 11) is 5.62. The molecule has 0 aliphatic rings. The predicted octanol–water partition coefficient (Wildman–Crippen LogP) is 0.882. The number of hydrogen-bond donors (Lipinski definition) is 0. The fourth-order valence-electron chi connectivity index (χ4n) is 1.92. The van der Waals surface area contributed by atoms with Crippen LogP contribution >= 0.6 is 0 Å². The third-order valence-corrected chi connectivity index (χ3v) is 2.86. The molecule has 0 aliphatic heterocycles. The smallest absolute Gasteiger partial charge is 0.294 e. The molecule has 1 aromatic heterocycles. The van der Waals surface area contributed by atoms with Gasteiger partial charge in [0.2, 0.25) is 0 Å². The number of aromatic nitrogens is 2. The Morgan fingerprint density at radius 3 is 2.45 bits per heavy atom. The van der Waals surface area contributed by atoms with E-state index in [2.05, 4.69) is 5.10 Å². The van der Waals surface area contributed by atoms with E-state index in [-0.39, 0.29) is 5.78 Å². The Labute approximate surface area is 118 Å². The highest BCUT2D eigenvalue weighted by atomic mass is 16.1.